The monoisotopic (exact) mass is 708 g/mol. The molecule has 54 heavy (non-hydrogen) atoms. The number of anilines is 6. The summed E-state index contributed by atoms with van der Waals surface area (Å²) >= 11 is 0. The SMILES string of the molecule is CCCCc1cc(C)c(N(c2ccc(C)cc2)c2ccc3c(ccc4cc(N(c5ccc(C)cc5)c5c(C)cc(CCCC)cc5C)ccc43)c2)c(C)c1. The van der Waals surface area contributed by atoms with Crippen molar-refractivity contribution in [2.75, 3.05) is 9.80 Å². The van der Waals surface area contributed by atoms with Crippen LogP contribution in [0.3, 0.4) is 0 Å². The van der Waals surface area contributed by atoms with Crippen LogP contribution in [0.1, 0.15) is 84.0 Å². The average Bonchev–Trinajstić information content (AvgIpc) is 3.16. The number of unbranched alkanes of at least 4 members (excludes halogenated alkanes) is 2. The van der Waals surface area contributed by atoms with E-state index in [0.29, 0.717) is 0 Å². The zero-order chi connectivity index (χ0) is 37.9. The second-order valence-electron chi connectivity index (χ2n) is 15.6. The third kappa shape index (κ3) is 7.53. The van der Waals surface area contributed by atoms with Crippen molar-refractivity contribution in [3.05, 3.63) is 166 Å². The summed E-state index contributed by atoms with van der Waals surface area (Å²) in [5.74, 6) is 0. The Hall–Kier alpha value is -5.34. The maximum Gasteiger partial charge on any atom is 0.0520 e. The summed E-state index contributed by atoms with van der Waals surface area (Å²) in [7, 11) is 0. The predicted molar refractivity (Wildman–Crippen MR) is 236 cm³/mol. The molecule has 0 saturated carbocycles. The quantitative estimate of drug-likeness (QED) is 0.117. The number of hydrogen-bond donors (Lipinski definition) is 0. The summed E-state index contributed by atoms with van der Waals surface area (Å²) in [6.07, 6.45) is 7.10. The van der Waals surface area contributed by atoms with E-state index in [1.165, 1.54) is 126 Å². The highest BCUT2D eigenvalue weighted by molar-refractivity contribution is 6.10. The lowest BCUT2D eigenvalue weighted by molar-refractivity contribution is 0.794. The van der Waals surface area contributed by atoms with Crippen LogP contribution in [0.5, 0.6) is 0 Å². The van der Waals surface area contributed by atoms with Gasteiger partial charge in [0, 0.05) is 22.7 Å². The fourth-order valence-corrected chi connectivity index (χ4v) is 8.37. The maximum atomic E-state index is 2.46. The molecule has 0 aliphatic rings. The molecule has 0 N–H and O–H groups in total. The largest absolute Gasteiger partial charge is 0.310 e. The molecule has 0 unspecified atom stereocenters. The van der Waals surface area contributed by atoms with E-state index in [9.17, 15) is 0 Å². The van der Waals surface area contributed by atoms with E-state index in [1.54, 1.807) is 0 Å². The van der Waals surface area contributed by atoms with Gasteiger partial charge in [0.1, 0.15) is 0 Å². The van der Waals surface area contributed by atoms with E-state index in [0.717, 1.165) is 12.8 Å². The molecule has 0 heterocycles. The molecule has 7 rings (SSSR count). The van der Waals surface area contributed by atoms with E-state index in [2.05, 4.69) is 187 Å². The lowest BCUT2D eigenvalue weighted by Crippen LogP contribution is -2.13. The highest BCUT2D eigenvalue weighted by atomic mass is 15.2. The molecule has 2 nitrogen and oxygen atoms in total. The summed E-state index contributed by atoms with van der Waals surface area (Å²) in [4.78, 5) is 4.91. The van der Waals surface area contributed by atoms with Gasteiger partial charge in [-0.1, -0.05) is 111 Å². The first-order valence-electron chi connectivity index (χ1n) is 20.1. The number of nitrogens with zero attached hydrogens (tertiary/aromatic N) is 2. The zero-order valence-corrected chi connectivity index (χ0v) is 33.7. The molecule has 0 atom stereocenters. The second kappa shape index (κ2) is 15.9. The Balaban J connectivity index is 1.33. The molecular weight excluding hydrogens is 653 g/mol. The van der Waals surface area contributed by atoms with Gasteiger partial charge in [0.25, 0.3) is 0 Å². The van der Waals surface area contributed by atoms with E-state index in [4.69, 9.17) is 0 Å². The fourth-order valence-electron chi connectivity index (χ4n) is 8.37. The van der Waals surface area contributed by atoms with Crippen molar-refractivity contribution in [2.24, 2.45) is 0 Å². The first-order valence-corrected chi connectivity index (χ1v) is 20.1. The summed E-state index contributed by atoms with van der Waals surface area (Å²) in [5.41, 5.74) is 17.9. The van der Waals surface area contributed by atoms with Crippen molar-refractivity contribution >= 4 is 55.7 Å². The van der Waals surface area contributed by atoms with Gasteiger partial charge in [-0.25, -0.2) is 0 Å². The van der Waals surface area contributed by atoms with Crippen molar-refractivity contribution in [2.45, 2.75) is 93.9 Å². The number of benzene rings is 7. The maximum absolute atomic E-state index is 2.46. The van der Waals surface area contributed by atoms with Crippen molar-refractivity contribution in [3.8, 4) is 0 Å². The Labute approximate surface area is 324 Å². The third-order valence-corrected chi connectivity index (χ3v) is 11.1. The lowest BCUT2D eigenvalue weighted by atomic mass is 9.97. The van der Waals surface area contributed by atoms with Gasteiger partial charge >= 0.3 is 0 Å². The summed E-state index contributed by atoms with van der Waals surface area (Å²) in [6.45, 7) is 17.9. The minimum absolute atomic E-state index is 1.13. The molecule has 0 spiro atoms. The molecule has 274 valence electrons. The summed E-state index contributed by atoms with van der Waals surface area (Å²) in [5, 5.41) is 5.02. The average molecular weight is 709 g/mol. The molecule has 0 radical (unpaired) electrons. The molecule has 2 heteroatoms. The zero-order valence-electron chi connectivity index (χ0n) is 33.7. The first-order chi connectivity index (χ1) is 26.1. The van der Waals surface area contributed by atoms with Gasteiger partial charge in [-0.05, 0) is 171 Å². The molecule has 0 aliphatic heterocycles. The van der Waals surface area contributed by atoms with Crippen LogP contribution < -0.4 is 9.80 Å². The third-order valence-electron chi connectivity index (χ3n) is 11.1. The Kier molecular flexibility index (Phi) is 10.9. The van der Waals surface area contributed by atoms with Gasteiger partial charge in [-0.15, -0.1) is 0 Å². The second-order valence-corrected chi connectivity index (χ2v) is 15.6. The molecule has 0 aliphatic carbocycles. The fraction of sp³-hybridized carbons (Fsp3) is 0.269. The standard InChI is InChI=1S/C52H56N2/c1-9-11-13-41-29-37(5)51(38(6)30-41)53(45-21-15-35(3)16-22-45)47-25-27-49-43(33-47)19-20-44-34-48(26-28-50(44)49)54(46-23-17-36(4)18-24-46)52-39(7)31-42(14-12-10-2)32-40(52)8/h15-34H,9-14H2,1-8H3. The summed E-state index contributed by atoms with van der Waals surface area (Å²) < 4.78 is 0. The van der Waals surface area contributed by atoms with Crippen molar-refractivity contribution in [1.82, 2.24) is 0 Å². The smallest absolute Gasteiger partial charge is 0.0520 e. The van der Waals surface area contributed by atoms with E-state index >= 15 is 0 Å². The Bertz CT molecular complexity index is 2200. The van der Waals surface area contributed by atoms with Crippen LogP contribution >= 0.6 is 0 Å². The minimum Gasteiger partial charge on any atom is -0.310 e. The number of aryl methyl sites for hydroxylation is 8. The van der Waals surface area contributed by atoms with Gasteiger partial charge in [0.2, 0.25) is 0 Å². The van der Waals surface area contributed by atoms with Crippen molar-refractivity contribution in [1.29, 1.82) is 0 Å². The van der Waals surface area contributed by atoms with Crippen molar-refractivity contribution < 1.29 is 0 Å². The topological polar surface area (TPSA) is 6.48 Å². The van der Waals surface area contributed by atoms with Crippen molar-refractivity contribution in [3.63, 3.8) is 0 Å². The molecule has 7 aromatic carbocycles. The van der Waals surface area contributed by atoms with Gasteiger partial charge in [-0.3, -0.25) is 0 Å². The van der Waals surface area contributed by atoms with Crippen LogP contribution in [-0.4, -0.2) is 0 Å². The number of rotatable bonds is 12. The number of fused-ring (bicyclic) bond motifs is 3. The molecule has 0 saturated heterocycles. The molecule has 7 aromatic rings. The molecule has 0 amide bonds. The lowest BCUT2D eigenvalue weighted by Gasteiger charge is -2.30. The highest BCUT2D eigenvalue weighted by Gasteiger charge is 2.21. The Morgan fingerprint density at radius 2 is 0.704 bits per heavy atom. The highest BCUT2D eigenvalue weighted by Crippen LogP contribution is 2.43. The van der Waals surface area contributed by atoms with E-state index in [-0.39, 0.29) is 0 Å². The Morgan fingerprint density at radius 1 is 0.370 bits per heavy atom. The summed E-state index contributed by atoms with van der Waals surface area (Å²) in [6, 6.07) is 46.1. The van der Waals surface area contributed by atoms with Crippen LogP contribution in [-0.2, 0) is 12.8 Å². The molecule has 0 aromatic heterocycles. The predicted octanol–water partition coefficient (Wildman–Crippen LogP) is 15.5. The molecule has 0 bridgehead atoms. The minimum atomic E-state index is 1.13. The van der Waals surface area contributed by atoms with Gasteiger partial charge in [-0.2, -0.15) is 0 Å². The van der Waals surface area contributed by atoms with Gasteiger partial charge < -0.3 is 9.80 Å². The molecule has 0 fully saturated rings. The van der Waals surface area contributed by atoms with Crippen LogP contribution in [0.25, 0.3) is 21.5 Å². The normalized spacial score (nSPS) is 11.4. The van der Waals surface area contributed by atoms with E-state index in [1.807, 2.05) is 0 Å². The van der Waals surface area contributed by atoms with Crippen LogP contribution in [0.4, 0.5) is 34.1 Å². The van der Waals surface area contributed by atoms with Gasteiger partial charge in [0.15, 0.2) is 0 Å². The number of hydrogen-bond acceptors (Lipinski definition) is 2. The first kappa shape index (κ1) is 37.0. The van der Waals surface area contributed by atoms with E-state index < -0.39 is 0 Å². The Morgan fingerprint density at radius 3 is 1.04 bits per heavy atom. The van der Waals surface area contributed by atoms with Crippen LogP contribution in [0.2, 0.25) is 0 Å². The molecular formula is C52H56N2. The van der Waals surface area contributed by atoms with Crippen LogP contribution in [0, 0.1) is 41.5 Å². The van der Waals surface area contributed by atoms with Crippen LogP contribution in [0.15, 0.2) is 121 Å². The van der Waals surface area contributed by atoms with Gasteiger partial charge in [0.05, 0.1) is 11.4 Å².